The number of piperidine rings is 2. The number of anilines is 2. The topological polar surface area (TPSA) is 127 Å². The van der Waals surface area contributed by atoms with Gasteiger partial charge in [0.1, 0.15) is 34.3 Å². The summed E-state index contributed by atoms with van der Waals surface area (Å²) in [5.41, 5.74) is 4.28. The summed E-state index contributed by atoms with van der Waals surface area (Å²) in [7, 11) is 2.52. The normalized spacial score (nSPS) is 16.4. The van der Waals surface area contributed by atoms with Crippen molar-refractivity contribution in [2.45, 2.75) is 102 Å². The lowest BCUT2D eigenvalue weighted by molar-refractivity contribution is 0.0591. The first-order valence-corrected chi connectivity index (χ1v) is 23.2. The van der Waals surface area contributed by atoms with Crippen molar-refractivity contribution in [2.24, 2.45) is 0 Å². The number of rotatable bonds is 7. The lowest BCUT2D eigenvalue weighted by Gasteiger charge is -2.34. The molecule has 0 unspecified atom stereocenters. The van der Waals surface area contributed by atoms with Gasteiger partial charge in [-0.05, 0) is 108 Å². The maximum atomic E-state index is 14.9. The van der Waals surface area contributed by atoms with Crippen LogP contribution in [0.3, 0.4) is 0 Å². The SMILES string of the molecule is CC1(C)Cc2cccc(NC(=O)N3CCCCC3)c2O1.COC(=O)c1ccc(CBr)c(F)c1.COC(=O)c1ccc(CN(C(=O)N2CCCCC2)c2cccc3c2OC(C)(C)C3)c(F)c1. The summed E-state index contributed by atoms with van der Waals surface area (Å²) in [4.78, 5) is 53.9. The highest BCUT2D eigenvalue weighted by molar-refractivity contribution is 9.08. The van der Waals surface area contributed by atoms with Crippen molar-refractivity contribution in [3.8, 4) is 11.5 Å². The smallest absolute Gasteiger partial charge is 0.337 e. The van der Waals surface area contributed by atoms with Crippen LogP contribution < -0.4 is 19.7 Å². The molecule has 15 heteroatoms. The predicted molar refractivity (Wildman–Crippen MR) is 249 cm³/mol. The Bertz CT molecular complexity index is 2360. The number of carbonyl (C=O) groups is 4. The number of carbonyl (C=O) groups excluding carboxylic acids is 4. The standard InChI is InChI=1S/C25H29FN2O4.C16H22N2O2.C9H8BrFO2/c1-25(2)15-18-8-7-9-21(22(18)32-25)28(24(30)27-12-5-4-6-13-27)16-19-11-10-17(14-20(19)26)23(29)31-3;1-16(2)11-12-7-6-8-13(14(12)20-16)17-15(19)18-9-4-3-5-10-18;1-13-9(12)6-2-3-7(5-10)8(11)4-6/h7-11,14H,4-6,12-13,15-16H2,1-3H3;6-8H,3-5,9-11H2,1-2H3,(H,17,19);2-4H,5H2,1H3. The van der Waals surface area contributed by atoms with Crippen molar-refractivity contribution < 1.29 is 46.9 Å². The molecular weight excluding hydrogens is 902 g/mol. The van der Waals surface area contributed by atoms with Gasteiger partial charge in [0, 0.05) is 61.0 Å². The fourth-order valence-electron chi connectivity index (χ4n) is 8.32. The third kappa shape index (κ3) is 12.4. The van der Waals surface area contributed by atoms with Gasteiger partial charge in [-0.15, -0.1) is 0 Å². The number of likely N-dealkylation sites (tertiary alicyclic amines) is 2. The molecule has 8 rings (SSSR count). The van der Waals surface area contributed by atoms with Crippen LogP contribution in [0.5, 0.6) is 11.5 Å². The fourth-order valence-corrected chi connectivity index (χ4v) is 8.77. The predicted octanol–water partition coefficient (Wildman–Crippen LogP) is 10.9. The van der Waals surface area contributed by atoms with Gasteiger partial charge in [-0.3, -0.25) is 4.90 Å². The molecule has 4 aliphatic rings. The Morgan fingerprint density at radius 1 is 0.677 bits per heavy atom. The van der Waals surface area contributed by atoms with E-state index in [1.54, 1.807) is 11.0 Å². The Hall–Kier alpha value is -5.70. The van der Waals surface area contributed by atoms with Crippen molar-refractivity contribution in [1.29, 1.82) is 0 Å². The zero-order valence-corrected chi connectivity index (χ0v) is 39.7. The summed E-state index contributed by atoms with van der Waals surface area (Å²) >= 11 is 3.13. The molecule has 4 aromatic carbocycles. The molecule has 4 aliphatic heterocycles. The average Bonchev–Trinajstić information content (AvgIpc) is 3.82. The molecule has 0 bridgehead atoms. The van der Waals surface area contributed by atoms with Crippen molar-refractivity contribution in [1.82, 2.24) is 9.80 Å². The van der Waals surface area contributed by atoms with Gasteiger partial charge >= 0.3 is 24.0 Å². The summed E-state index contributed by atoms with van der Waals surface area (Å²) in [6.07, 6.45) is 8.07. The average molecular weight is 962 g/mol. The number of benzene rings is 4. The molecule has 4 amide bonds. The molecule has 4 aromatic rings. The van der Waals surface area contributed by atoms with Crippen molar-refractivity contribution >= 4 is 51.3 Å². The first-order valence-electron chi connectivity index (χ1n) is 22.1. The highest BCUT2D eigenvalue weighted by atomic mass is 79.9. The second-order valence-corrected chi connectivity index (χ2v) is 18.3. The summed E-state index contributed by atoms with van der Waals surface area (Å²) < 4.78 is 49.4. The van der Waals surface area contributed by atoms with Crippen molar-refractivity contribution in [2.75, 3.05) is 50.6 Å². The largest absolute Gasteiger partial charge is 0.485 e. The molecule has 0 saturated carbocycles. The number of nitrogens with one attached hydrogen (secondary N) is 1. The fraction of sp³-hybridized carbons (Fsp3) is 0.440. The number of nitrogens with zero attached hydrogens (tertiary/aromatic N) is 3. The van der Waals surface area contributed by atoms with E-state index in [-0.39, 0.29) is 40.9 Å². The minimum absolute atomic E-state index is 0.00796. The first-order chi connectivity index (χ1) is 31.0. The second-order valence-electron chi connectivity index (χ2n) is 17.8. The Labute approximate surface area is 388 Å². The molecule has 4 heterocycles. The van der Waals surface area contributed by atoms with Gasteiger partial charge in [0.15, 0.2) is 0 Å². The van der Waals surface area contributed by atoms with Gasteiger partial charge in [-0.2, -0.15) is 0 Å². The molecule has 0 spiro atoms. The summed E-state index contributed by atoms with van der Waals surface area (Å²) in [6, 6.07) is 20.0. The molecule has 2 saturated heterocycles. The quantitative estimate of drug-likeness (QED) is 0.143. The van der Waals surface area contributed by atoms with E-state index >= 15 is 0 Å². The third-order valence-electron chi connectivity index (χ3n) is 11.6. The highest BCUT2D eigenvalue weighted by Crippen LogP contribution is 2.43. The number of fused-ring (bicyclic) bond motifs is 2. The summed E-state index contributed by atoms with van der Waals surface area (Å²) in [5, 5.41) is 3.44. The molecule has 12 nitrogen and oxygen atoms in total. The number of esters is 2. The number of amides is 4. The van der Waals surface area contributed by atoms with E-state index in [0.717, 1.165) is 81.1 Å². The van der Waals surface area contributed by atoms with Crippen LogP contribution in [-0.2, 0) is 34.2 Å². The van der Waals surface area contributed by atoms with Crippen LogP contribution in [0.15, 0.2) is 72.8 Å². The van der Waals surface area contributed by atoms with E-state index < -0.39 is 23.6 Å². The van der Waals surface area contributed by atoms with Crippen molar-refractivity contribution in [3.63, 3.8) is 0 Å². The second kappa shape index (κ2) is 21.5. The van der Waals surface area contributed by atoms with E-state index in [2.05, 4.69) is 50.6 Å². The van der Waals surface area contributed by atoms with E-state index in [0.29, 0.717) is 41.0 Å². The zero-order valence-electron chi connectivity index (χ0n) is 38.1. The van der Waals surface area contributed by atoms with Crippen LogP contribution in [0, 0.1) is 11.6 Å². The van der Waals surface area contributed by atoms with Crippen molar-refractivity contribution in [3.05, 3.63) is 118 Å². The molecule has 2 fully saturated rings. The number of hydrogen-bond acceptors (Lipinski definition) is 8. The molecular formula is C50H59BrF2N4O8. The van der Waals surface area contributed by atoms with Crippen LogP contribution >= 0.6 is 15.9 Å². The van der Waals surface area contributed by atoms with Crippen LogP contribution in [0.1, 0.15) is 109 Å². The number of alkyl halides is 1. The van der Waals surface area contributed by atoms with Crippen LogP contribution in [0.4, 0.5) is 29.7 Å². The lowest BCUT2D eigenvalue weighted by Crippen LogP contribution is -2.45. The Morgan fingerprint density at radius 3 is 1.69 bits per heavy atom. The number of halogens is 3. The van der Waals surface area contributed by atoms with Gasteiger partial charge in [0.05, 0.1) is 43.3 Å². The van der Waals surface area contributed by atoms with E-state index in [1.807, 2.05) is 54.0 Å². The zero-order chi connectivity index (χ0) is 46.9. The van der Waals surface area contributed by atoms with Gasteiger partial charge < -0.3 is 34.1 Å². The number of hydrogen-bond donors (Lipinski definition) is 1. The van der Waals surface area contributed by atoms with Crippen LogP contribution in [-0.4, -0.2) is 85.4 Å². The van der Waals surface area contributed by atoms with Gasteiger partial charge in [0.25, 0.3) is 0 Å². The number of methoxy groups -OCH3 is 2. The van der Waals surface area contributed by atoms with Crippen LogP contribution in [0.2, 0.25) is 0 Å². The van der Waals surface area contributed by atoms with E-state index in [9.17, 15) is 28.0 Å². The Balaban J connectivity index is 0.000000180. The Morgan fingerprint density at radius 2 is 1.17 bits per heavy atom. The maximum absolute atomic E-state index is 14.9. The molecule has 1 N–H and O–H groups in total. The van der Waals surface area contributed by atoms with Crippen LogP contribution in [0.25, 0.3) is 0 Å². The van der Waals surface area contributed by atoms with E-state index in [1.165, 1.54) is 50.5 Å². The summed E-state index contributed by atoms with van der Waals surface area (Å²) in [5.74, 6) is -0.580. The lowest BCUT2D eigenvalue weighted by atomic mass is 10.0. The Kier molecular flexibility index (Phi) is 16.1. The molecule has 0 atom stereocenters. The van der Waals surface area contributed by atoms with Gasteiger partial charge in [-0.1, -0.05) is 52.3 Å². The number of para-hydroxylation sites is 2. The molecule has 65 heavy (non-hydrogen) atoms. The molecule has 0 radical (unpaired) electrons. The third-order valence-corrected chi connectivity index (χ3v) is 12.2. The first kappa shape index (κ1) is 48.7. The minimum Gasteiger partial charge on any atom is -0.485 e. The van der Waals surface area contributed by atoms with Gasteiger partial charge in [-0.25, -0.2) is 28.0 Å². The van der Waals surface area contributed by atoms with E-state index in [4.69, 9.17) is 9.47 Å². The maximum Gasteiger partial charge on any atom is 0.337 e. The minimum atomic E-state index is -0.604. The number of ether oxygens (including phenoxy) is 4. The molecule has 0 aromatic heterocycles. The van der Waals surface area contributed by atoms with Gasteiger partial charge in [0.2, 0.25) is 0 Å². The monoisotopic (exact) mass is 960 g/mol. The summed E-state index contributed by atoms with van der Waals surface area (Å²) in [6.45, 7) is 11.3. The molecule has 348 valence electrons. The highest BCUT2D eigenvalue weighted by Gasteiger charge is 2.36. The number of urea groups is 2. The molecule has 0 aliphatic carbocycles.